The number of rotatable bonds is 9. The number of carbonyl (C=O) groups excluding carboxylic acids is 1. The number of nitro groups is 1. The SMILES string of the molecule is CCNc1cc(Oc2ccc(N(c3ccc(C)cc3)S(=O)[O-])c(C(=O)OC)c2)ccc1[N+](=O)[O-]. The van der Waals surface area contributed by atoms with Crippen molar-refractivity contribution in [1.82, 2.24) is 0 Å². The summed E-state index contributed by atoms with van der Waals surface area (Å²) in [7, 11) is 1.18. The Balaban J connectivity index is 2.03. The van der Waals surface area contributed by atoms with Gasteiger partial charge in [-0.15, -0.1) is 0 Å². The van der Waals surface area contributed by atoms with Gasteiger partial charge in [0.15, 0.2) is 0 Å². The van der Waals surface area contributed by atoms with Crippen molar-refractivity contribution in [3.8, 4) is 11.5 Å². The van der Waals surface area contributed by atoms with Gasteiger partial charge in [-0.2, -0.15) is 0 Å². The van der Waals surface area contributed by atoms with Crippen LogP contribution in [0, 0.1) is 17.0 Å². The highest BCUT2D eigenvalue weighted by Gasteiger charge is 2.21. The van der Waals surface area contributed by atoms with Crippen molar-refractivity contribution in [2.24, 2.45) is 0 Å². The highest BCUT2D eigenvalue weighted by Crippen LogP contribution is 2.36. The predicted octanol–water partition coefficient (Wildman–Crippen LogP) is 4.85. The number of methoxy groups -OCH3 is 1. The minimum absolute atomic E-state index is 0.0430. The quantitative estimate of drug-likeness (QED) is 0.197. The van der Waals surface area contributed by atoms with Gasteiger partial charge in [-0.05, 0) is 50.2 Å². The third-order valence-electron chi connectivity index (χ3n) is 4.78. The minimum Gasteiger partial charge on any atom is -0.755 e. The summed E-state index contributed by atoms with van der Waals surface area (Å²) < 4.78 is 35.8. The fourth-order valence-corrected chi connectivity index (χ4v) is 3.83. The summed E-state index contributed by atoms with van der Waals surface area (Å²) >= 11 is -2.74. The molecular weight excluding hydrogens is 462 g/mol. The van der Waals surface area contributed by atoms with E-state index in [-0.39, 0.29) is 34.1 Å². The van der Waals surface area contributed by atoms with Crippen LogP contribution in [0.15, 0.2) is 60.7 Å². The van der Waals surface area contributed by atoms with Gasteiger partial charge in [0.2, 0.25) is 0 Å². The lowest BCUT2D eigenvalue weighted by molar-refractivity contribution is -0.384. The summed E-state index contributed by atoms with van der Waals surface area (Å²) in [4.78, 5) is 23.2. The third kappa shape index (κ3) is 5.50. The Morgan fingerprint density at radius 3 is 2.32 bits per heavy atom. The first-order valence-corrected chi connectivity index (χ1v) is 11.2. The fraction of sp³-hybridized carbons (Fsp3) is 0.174. The maximum absolute atomic E-state index is 12.5. The number of anilines is 3. The molecule has 0 saturated heterocycles. The van der Waals surface area contributed by atoms with Gasteiger partial charge in [-0.25, -0.2) is 4.79 Å². The van der Waals surface area contributed by atoms with Crippen molar-refractivity contribution in [2.45, 2.75) is 13.8 Å². The molecule has 3 aromatic rings. The molecule has 0 radical (unpaired) electrons. The molecule has 3 rings (SSSR count). The molecule has 3 aromatic carbocycles. The summed E-state index contributed by atoms with van der Waals surface area (Å²) in [6, 6.07) is 15.2. The van der Waals surface area contributed by atoms with Gasteiger partial charge in [0.25, 0.3) is 5.69 Å². The number of aryl methyl sites for hydroxylation is 1. The second-order valence-corrected chi connectivity index (χ2v) is 7.89. The number of nitro benzene ring substituents is 1. The number of nitrogens with zero attached hydrogens (tertiary/aromatic N) is 2. The van der Waals surface area contributed by atoms with Crippen molar-refractivity contribution >= 4 is 40.0 Å². The maximum atomic E-state index is 12.5. The van der Waals surface area contributed by atoms with Gasteiger partial charge < -0.3 is 19.3 Å². The van der Waals surface area contributed by atoms with Crippen LogP contribution in [0.25, 0.3) is 0 Å². The average molecular weight is 485 g/mol. The Labute approximate surface area is 198 Å². The molecule has 0 aliphatic heterocycles. The molecule has 1 N–H and O–H groups in total. The van der Waals surface area contributed by atoms with Crippen molar-refractivity contribution in [3.63, 3.8) is 0 Å². The van der Waals surface area contributed by atoms with Crippen molar-refractivity contribution in [1.29, 1.82) is 0 Å². The summed E-state index contributed by atoms with van der Waals surface area (Å²) in [6.45, 7) is 4.14. The number of ether oxygens (including phenoxy) is 2. The molecule has 0 amide bonds. The molecule has 0 saturated carbocycles. The molecule has 34 heavy (non-hydrogen) atoms. The molecule has 11 heteroatoms. The number of hydrogen-bond donors (Lipinski definition) is 1. The van der Waals surface area contributed by atoms with Gasteiger partial charge in [-0.1, -0.05) is 17.7 Å². The molecule has 0 bridgehead atoms. The van der Waals surface area contributed by atoms with Crippen LogP contribution in [0.1, 0.15) is 22.8 Å². The monoisotopic (exact) mass is 484 g/mol. The summed E-state index contributed by atoms with van der Waals surface area (Å²) in [5.41, 5.74) is 1.49. The van der Waals surface area contributed by atoms with E-state index in [1.165, 1.54) is 43.5 Å². The molecule has 0 spiro atoms. The molecule has 0 aliphatic carbocycles. The number of hydrogen-bond acceptors (Lipinski definition) is 8. The minimum atomic E-state index is -2.74. The van der Waals surface area contributed by atoms with E-state index in [0.717, 1.165) is 9.87 Å². The standard InChI is InChI=1S/C23H23N3O7S/c1-4-24-20-14-18(10-12-22(20)26(28)29)33-17-9-11-21(19(13-17)23(27)32-3)25(34(30)31)16-7-5-15(2)6-8-16/h5-14,24H,4H2,1-3H3,(H,30,31)/p-1. The van der Waals surface area contributed by atoms with Crippen LogP contribution in [-0.4, -0.2) is 33.3 Å². The van der Waals surface area contributed by atoms with Crippen LogP contribution in [0.3, 0.4) is 0 Å². The highest BCUT2D eigenvalue weighted by atomic mass is 32.2. The third-order valence-corrected chi connectivity index (χ3v) is 5.48. The Morgan fingerprint density at radius 1 is 1.09 bits per heavy atom. The smallest absolute Gasteiger partial charge is 0.340 e. The lowest BCUT2D eigenvalue weighted by atomic mass is 10.1. The molecule has 0 heterocycles. The topological polar surface area (TPSA) is 134 Å². The van der Waals surface area contributed by atoms with Crippen molar-refractivity contribution in [2.75, 3.05) is 23.3 Å². The Bertz CT molecular complexity index is 1230. The van der Waals surface area contributed by atoms with Crippen molar-refractivity contribution < 1.29 is 28.0 Å². The number of nitrogens with one attached hydrogen (secondary N) is 1. The molecule has 1 atom stereocenters. The van der Waals surface area contributed by atoms with Gasteiger partial charge in [-0.3, -0.25) is 18.6 Å². The Morgan fingerprint density at radius 2 is 1.74 bits per heavy atom. The first kappa shape index (κ1) is 24.7. The molecule has 0 aliphatic rings. The fourth-order valence-electron chi connectivity index (χ4n) is 3.22. The van der Waals surface area contributed by atoms with Crippen molar-refractivity contribution in [3.05, 3.63) is 81.9 Å². The Kier molecular flexibility index (Phi) is 7.82. The average Bonchev–Trinajstić information content (AvgIpc) is 2.80. The van der Waals surface area contributed by atoms with Crippen LogP contribution < -0.4 is 14.4 Å². The maximum Gasteiger partial charge on any atom is 0.340 e. The summed E-state index contributed by atoms with van der Waals surface area (Å²) in [5, 5.41) is 14.1. The van der Waals surface area contributed by atoms with Crippen LogP contribution >= 0.6 is 0 Å². The second-order valence-electron chi connectivity index (χ2n) is 7.09. The lowest BCUT2D eigenvalue weighted by Gasteiger charge is -2.28. The normalized spacial score (nSPS) is 11.4. The van der Waals surface area contributed by atoms with Gasteiger partial charge in [0, 0.05) is 18.7 Å². The predicted molar refractivity (Wildman–Crippen MR) is 127 cm³/mol. The number of carbonyl (C=O) groups is 1. The number of esters is 1. The van der Waals surface area contributed by atoms with E-state index in [0.29, 0.717) is 12.2 Å². The molecule has 178 valence electrons. The number of benzene rings is 3. The van der Waals surface area contributed by atoms with E-state index in [4.69, 9.17) is 9.47 Å². The zero-order valence-corrected chi connectivity index (χ0v) is 19.5. The molecular formula is C23H22N3O7S-. The van der Waals surface area contributed by atoms with Gasteiger partial charge in [0.05, 0.1) is 40.2 Å². The van der Waals surface area contributed by atoms with E-state index < -0.39 is 22.2 Å². The zero-order chi connectivity index (χ0) is 24.8. The van der Waals surface area contributed by atoms with E-state index >= 15 is 0 Å². The van der Waals surface area contributed by atoms with Crippen LogP contribution in [0.5, 0.6) is 11.5 Å². The lowest BCUT2D eigenvalue weighted by Crippen LogP contribution is -2.22. The summed E-state index contributed by atoms with van der Waals surface area (Å²) in [6.07, 6.45) is 0. The first-order valence-electron chi connectivity index (χ1n) is 10.1. The second kappa shape index (κ2) is 10.8. The van der Waals surface area contributed by atoms with Crippen LogP contribution in [0.2, 0.25) is 0 Å². The van der Waals surface area contributed by atoms with E-state index in [2.05, 4.69) is 5.32 Å². The Hall–Kier alpha value is -3.96. The molecule has 10 nitrogen and oxygen atoms in total. The largest absolute Gasteiger partial charge is 0.755 e. The van der Waals surface area contributed by atoms with Crippen LogP contribution in [0.4, 0.5) is 22.7 Å². The van der Waals surface area contributed by atoms with Gasteiger partial charge >= 0.3 is 5.97 Å². The molecule has 0 fully saturated rings. The molecule has 1 unspecified atom stereocenters. The van der Waals surface area contributed by atoms with E-state index in [1.54, 1.807) is 31.2 Å². The van der Waals surface area contributed by atoms with Gasteiger partial charge in [0.1, 0.15) is 17.2 Å². The van der Waals surface area contributed by atoms with Crippen LogP contribution in [-0.2, 0) is 16.0 Å². The summed E-state index contributed by atoms with van der Waals surface area (Å²) in [5.74, 6) is -0.269. The zero-order valence-electron chi connectivity index (χ0n) is 18.6. The van der Waals surface area contributed by atoms with E-state index in [9.17, 15) is 23.7 Å². The highest BCUT2D eigenvalue weighted by molar-refractivity contribution is 7.81. The first-order chi connectivity index (χ1) is 16.2. The molecule has 0 aromatic heterocycles. The van der Waals surface area contributed by atoms with E-state index in [1.807, 2.05) is 6.92 Å².